The number of carboxylic acids is 1. The van der Waals surface area contributed by atoms with Gasteiger partial charge in [0.05, 0.1) is 5.92 Å². The van der Waals surface area contributed by atoms with Crippen molar-refractivity contribution in [3.8, 4) is 0 Å². The van der Waals surface area contributed by atoms with Crippen LogP contribution in [0.1, 0.15) is 51.4 Å². The Morgan fingerprint density at radius 3 is 2.19 bits per heavy atom. The molecular formula is C16H26N2O3. The molecule has 118 valence electrons. The number of nitrogens with one attached hydrogen (secondary N) is 1. The van der Waals surface area contributed by atoms with Gasteiger partial charge in [-0.15, -0.1) is 0 Å². The van der Waals surface area contributed by atoms with E-state index in [1.807, 2.05) is 0 Å². The molecular weight excluding hydrogens is 268 g/mol. The summed E-state index contributed by atoms with van der Waals surface area (Å²) in [5.74, 6) is -1.08. The van der Waals surface area contributed by atoms with Crippen LogP contribution in [-0.2, 0) is 9.59 Å². The number of carbonyl (C=O) groups excluding carboxylic acids is 1. The van der Waals surface area contributed by atoms with E-state index in [2.05, 4.69) is 17.3 Å². The van der Waals surface area contributed by atoms with Crippen molar-refractivity contribution in [1.82, 2.24) is 10.2 Å². The van der Waals surface area contributed by atoms with Gasteiger partial charge >= 0.3 is 5.97 Å². The molecule has 2 bridgehead atoms. The fourth-order valence-electron chi connectivity index (χ4n) is 4.50. The van der Waals surface area contributed by atoms with Crippen LogP contribution in [0.5, 0.6) is 0 Å². The summed E-state index contributed by atoms with van der Waals surface area (Å²) in [4.78, 5) is 25.8. The molecule has 5 heteroatoms. The highest BCUT2D eigenvalue weighted by atomic mass is 16.4. The zero-order valence-electron chi connectivity index (χ0n) is 12.8. The Morgan fingerprint density at radius 1 is 1.00 bits per heavy atom. The van der Waals surface area contributed by atoms with Gasteiger partial charge in [-0.25, -0.2) is 0 Å². The number of carboxylic acid groups (broad SMARTS) is 1. The first-order valence-electron chi connectivity index (χ1n) is 8.29. The molecule has 0 aromatic carbocycles. The Bertz CT molecular complexity index is 412. The lowest BCUT2D eigenvalue weighted by molar-refractivity contribution is -0.141. The van der Waals surface area contributed by atoms with Gasteiger partial charge in [0.2, 0.25) is 5.91 Å². The van der Waals surface area contributed by atoms with Gasteiger partial charge < -0.3 is 15.3 Å². The highest BCUT2D eigenvalue weighted by Crippen LogP contribution is 2.34. The second kappa shape index (κ2) is 5.95. The quantitative estimate of drug-likeness (QED) is 0.830. The number of aliphatic carboxylic acids is 1. The Kier molecular flexibility index (Phi) is 4.20. The van der Waals surface area contributed by atoms with Crippen LogP contribution in [0.2, 0.25) is 0 Å². The van der Waals surface area contributed by atoms with E-state index in [0.717, 1.165) is 19.3 Å². The monoisotopic (exact) mass is 294 g/mol. The summed E-state index contributed by atoms with van der Waals surface area (Å²) >= 11 is 0. The summed E-state index contributed by atoms with van der Waals surface area (Å²) < 4.78 is 0. The molecule has 0 aromatic rings. The number of piperidine rings is 2. The number of carbonyl (C=O) groups is 2. The average molecular weight is 294 g/mol. The van der Waals surface area contributed by atoms with Crippen molar-refractivity contribution < 1.29 is 14.7 Å². The first-order valence-corrected chi connectivity index (χ1v) is 8.29. The van der Waals surface area contributed by atoms with E-state index in [1.54, 1.807) is 0 Å². The van der Waals surface area contributed by atoms with Crippen molar-refractivity contribution in [3.05, 3.63) is 0 Å². The third-order valence-corrected chi connectivity index (χ3v) is 5.84. The van der Waals surface area contributed by atoms with Crippen LogP contribution in [0.3, 0.4) is 0 Å². The van der Waals surface area contributed by atoms with E-state index in [9.17, 15) is 9.59 Å². The minimum atomic E-state index is -0.751. The van der Waals surface area contributed by atoms with Gasteiger partial charge in [-0.05, 0) is 52.0 Å². The van der Waals surface area contributed by atoms with Crippen LogP contribution in [0.15, 0.2) is 0 Å². The standard InChI is InChI=1S/C16H26N2O3/c1-18-13-3-2-4-14(18)9-12(8-13)17-15(19)10-5-6-11(7-10)16(20)21/h10-14H,2-9H2,1H3,(H,17,19)(H,20,21). The van der Waals surface area contributed by atoms with Crippen molar-refractivity contribution in [2.24, 2.45) is 11.8 Å². The predicted octanol–water partition coefficient (Wildman–Crippen LogP) is 1.62. The molecule has 2 N–H and O–H groups in total. The minimum Gasteiger partial charge on any atom is -0.481 e. The van der Waals surface area contributed by atoms with E-state index < -0.39 is 5.97 Å². The fraction of sp³-hybridized carbons (Fsp3) is 0.875. The molecule has 2 aliphatic heterocycles. The number of nitrogens with zero attached hydrogens (tertiary/aromatic N) is 1. The molecule has 5 nitrogen and oxygen atoms in total. The highest BCUT2D eigenvalue weighted by Gasteiger charge is 2.38. The van der Waals surface area contributed by atoms with E-state index in [4.69, 9.17) is 5.11 Å². The van der Waals surface area contributed by atoms with E-state index in [1.165, 1.54) is 19.3 Å². The van der Waals surface area contributed by atoms with Gasteiger partial charge in [-0.3, -0.25) is 9.59 Å². The number of hydrogen-bond acceptors (Lipinski definition) is 3. The van der Waals surface area contributed by atoms with Gasteiger partial charge in [0.25, 0.3) is 0 Å². The van der Waals surface area contributed by atoms with Crippen LogP contribution >= 0.6 is 0 Å². The second-order valence-electron chi connectivity index (χ2n) is 7.13. The maximum Gasteiger partial charge on any atom is 0.306 e. The first kappa shape index (κ1) is 14.8. The molecule has 0 aromatic heterocycles. The van der Waals surface area contributed by atoms with Crippen molar-refractivity contribution in [1.29, 1.82) is 0 Å². The Morgan fingerprint density at radius 2 is 1.62 bits per heavy atom. The lowest BCUT2D eigenvalue weighted by atomic mass is 9.82. The molecule has 4 atom stereocenters. The highest BCUT2D eigenvalue weighted by molar-refractivity contribution is 5.81. The maximum atomic E-state index is 12.4. The lowest BCUT2D eigenvalue weighted by Crippen LogP contribution is -2.55. The SMILES string of the molecule is CN1C2CCCC1CC(NC(=O)C1CCC(C(=O)O)C1)C2. The van der Waals surface area contributed by atoms with E-state index in [-0.39, 0.29) is 23.8 Å². The van der Waals surface area contributed by atoms with Crippen LogP contribution in [0.4, 0.5) is 0 Å². The predicted molar refractivity (Wildman–Crippen MR) is 78.8 cm³/mol. The normalized spacial score (nSPS) is 40.0. The van der Waals surface area contributed by atoms with Crippen LogP contribution in [0.25, 0.3) is 0 Å². The van der Waals surface area contributed by atoms with Gasteiger partial charge in [-0.2, -0.15) is 0 Å². The third kappa shape index (κ3) is 3.07. The Labute approximate surface area is 126 Å². The van der Waals surface area contributed by atoms with Gasteiger partial charge in [-0.1, -0.05) is 6.42 Å². The summed E-state index contributed by atoms with van der Waals surface area (Å²) in [7, 11) is 2.21. The lowest BCUT2D eigenvalue weighted by Gasteiger charge is -2.47. The fourth-order valence-corrected chi connectivity index (χ4v) is 4.50. The molecule has 0 spiro atoms. The molecule has 4 unspecified atom stereocenters. The molecule has 1 aliphatic carbocycles. The van der Waals surface area contributed by atoms with Crippen LogP contribution in [-0.4, -0.2) is 47.1 Å². The first-order chi connectivity index (χ1) is 10.0. The summed E-state index contributed by atoms with van der Waals surface area (Å²) in [6, 6.07) is 1.50. The molecule has 2 heterocycles. The van der Waals surface area contributed by atoms with E-state index in [0.29, 0.717) is 24.9 Å². The zero-order valence-corrected chi connectivity index (χ0v) is 12.8. The number of hydrogen-bond donors (Lipinski definition) is 2. The third-order valence-electron chi connectivity index (χ3n) is 5.84. The second-order valence-corrected chi connectivity index (χ2v) is 7.13. The maximum absolute atomic E-state index is 12.4. The molecule has 0 radical (unpaired) electrons. The summed E-state index contributed by atoms with van der Waals surface area (Å²) in [6.45, 7) is 0. The van der Waals surface area contributed by atoms with Crippen molar-refractivity contribution in [2.45, 2.75) is 69.5 Å². The largest absolute Gasteiger partial charge is 0.481 e. The average Bonchev–Trinajstić information content (AvgIpc) is 2.90. The van der Waals surface area contributed by atoms with E-state index >= 15 is 0 Å². The van der Waals surface area contributed by atoms with Crippen LogP contribution in [0, 0.1) is 11.8 Å². The van der Waals surface area contributed by atoms with Crippen molar-refractivity contribution in [2.75, 3.05) is 7.05 Å². The molecule has 2 saturated heterocycles. The van der Waals surface area contributed by atoms with Crippen LogP contribution < -0.4 is 5.32 Å². The summed E-state index contributed by atoms with van der Waals surface area (Å²) in [6.07, 6.45) is 7.77. The number of amides is 1. The van der Waals surface area contributed by atoms with Gasteiger partial charge in [0.15, 0.2) is 0 Å². The Hall–Kier alpha value is -1.10. The molecule has 1 saturated carbocycles. The van der Waals surface area contributed by atoms with Crippen molar-refractivity contribution in [3.63, 3.8) is 0 Å². The number of rotatable bonds is 3. The Balaban J connectivity index is 1.53. The smallest absolute Gasteiger partial charge is 0.306 e. The summed E-state index contributed by atoms with van der Waals surface area (Å²) in [5.41, 5.74) is 0. The molecule has 1 amide bonds. The van der Waals surface area contributed by atoms with Crippen molar-refractivity contribution >= 4 is 11.9 Å². The molecule has 21 heavy (non-hydrogen) atoms. The van der Waals surface area contributed by atoms with Gasteiger partial charge in [0, 0.05) is 24.0 Å². The molecule has 3 fully saturated rings. The topological polar surface area (TPSA) is 69.6 Å². The van der Waals surface area contributed by atoms with Gasteiger partial charge in [0.1, 0.15) is 0 Å². The summed E-state index contributed by atoms with van der Waals surface area (Å²) in [5, 5.41) is 12.2. The number of fused-ring (bicyclic) bond motifs is 2. The molecule has 3 rings (SSSR count). The zero-order chi connectivity index (χ0) is 15.0. The minimum absolute atomic E-state index is 0.0892. The molecule has 3 aliphatic rings.